The highest BCUT2D eigenvalue weighted by atomic mass is 16.4. The van der Waals surface area contributed by atoms with Crippen LogP contribution in [0, 0.1) is 0 Å². The van der Waals surface area contributed by atoms with Gasteiger partial charge in [-0.05, 0) is 6.92 Å². The Bertz CT molecular complexity index is 316. The second-order valence-electron chi connectivity index (χ2n) is 4.21. The molecule has 0 aliphatic rings. The van der Waals surface area contributed by atoms with Crippen molar-refractivity contribution >= 4 is 12.0 Å². The average molecular weight is 256 g/mol. The SMILES string of the molecule is C=CCN(CC=C)C(=O)NCC(C)(O)CC(=O)O. The lowest BCUT2D eigenvalue weighted by molar-refractivity contribution is -0.141. The summed E-state index contributed by atoms with van der Waals surface area (Å²) in [5.74, 6) is -1.12. The monoisotopic (exact) mass is 256 g/mol. The topological polar surface area (TPSA) is 89.9 Å². The zero-order valence-corrected chi connectivity index (χ0v) is 10.6. The number of carbonyl (C=O) groups excluding carboxylic acids is 1. The summed E-state index contributed by atoms with van der Waals surface area (Å²) in [5.41, 5.74) is -1.48. The van der Waals surface area contributed by atoms with Crippen molar-refractivity contribution in [2.24, 2.45) is 0 Å². The molecule has 1 atom stereocenters. The molecule has 0 bridgehead atoms. The van der Waals surface area contributed by atoms with Crippen LogP contribution >= 0.6 is 0 Å². The first-order valence-electron chi connectivity index (χ1n) is 5.51. The second kappa shape index (κ2) is 7.50. The Kier molecular flexibility index (Phi) is 6.74. The molecule has 2 amide bonds. The van der Waals surface area contributed by atoms with Crippen molar-refractivity contribution in [1.29, 1.82) is 0 Å². The zero-order chi connectivity index (χ0) is 14.2. The van der Waals surface area contributed by atoms with Gasteiger partial charge in [-0.1, -0.05) is 12.2 Å². The van der Waals surface area contributed by atoms with Crippen molar-refractivity contribution in [2.45, 2.75) is 18.9 Å². The minimum atomic E-state index is -1.48. The molecule has 0 rings (SSSR count). The number of aliphatic carboxylic acids is 1. The van der Waals surface area contributed by atoms with Gasteiger partial charge in [0.25, 0.3) is 0 Å². The molecule has 0 spiro atoms. The maximum Gasteiger partial charge on any atom is 0.318 e. The number of nitrogens with one attached hydrogen (secondary N) is 1. The lowest BCUT2D eigenvalue weighted by Crippen LogP contribution is -2.47. The molecule has 0 aliphatic carbocycles. The summed E-state index contributed by atoms with van der Waals surface area (Å²) in [6, 6.07) is -0.402. The van der Waals surface area contributed by atoms with E-state index in [9.17, 15) is 14.7 Å². The first-order valence-corrected chi connectivity index (χ1v) is 5.51. The Balaban J connectivity index is 4.32. The molecule has 6 heteroatoms. The van der Waals surface area contributed by atoms with Gasteiger partial charge in [-0.15, -0.1) is 13.2 Å². The van der Waals surface area contributed by atoms with Crippen LogP contribution in [0.1, 0.15) is 13.3 Å². The summed E-state index contributed by atoms with van der Waals surface area (Å²) in [4.78, 5) is 23.6. The van der Waals surface area contributed by atoms with Crippen LogP contribution in [0.15, 0.2) is 25.3 Å². The van der Waals surface area contributed by atoms with Crippen molar-refractivity contribution in [2.75, 3.05) is 19.6 Å². The van der Waals surface area contributed by atoms with Crippen LogP contribution in [-0.2, 0) is 4.79 Å². The Morgan fingerprint density at radius 2 is 1.83 bits per heavy atom. The molecule has 3 N–H and O–H groups in total. The van der Waals surface area contributed by atoms with E-state index in [0.717, 1.165) is 0 Å². The Hall–Kier alpha value is -1.82. The molecule has 102 valence electrons. The van der Waals surface area contributed by atoms with E-state index in [0.29, 0.717) is 13.1 Å². The molecule has 0 fully saturated rings. The summed E-state index contributed by atoms with van der Waals surface area (Å²) in [7, 11) is 0. The maximum atomic E-state index is 11.7. The number of nitrogens with zero attached hydrogens (tertiary/aromatic N) is 1. The van der Waals surface area contributed by atoms with Gasteiger partial charge in [0.05, 0.1) is 12.0 Å². The lowest BCUT2D eigenvalue weighted by atomic mass is 10.0. The van der Waals surface area contributed by atoms with Crippen molar-refractivity contribution < 1.29 is 19.8 Å². The standard InChI is InChI=1S/C12H20N2O4/c1-4-6-14(7-5-2)11(17)13-9-12(3,18)8-10(15)16/h4-5,18H,1-2,6-9H2,3H3,(H,13,17)(H,15,16). The Labute approximate surface area is 107 Å². The molecular weight excluding hydrogens is 236 g/mol. The molecule has 0 aromatic rings. The van der Waals surface area contributed by atoms with Crippen LogP contribution in [0.5, 0.6) is 0 Å². The van der Waals surface area contributed by atoms with Gasteiger partial charge < -0.3 is 20.4 Å². The fourth-order valence-corrected chi connectivity index (χ4v) is 1.32. The fourth-order valence-electron chi connectivity index (χ4n) is 1.32. The lowest BCUT2D eigenvalue weighted by Gasteiger charge is -2.25. The van der Waals surface area contributed by atoms with Crippen molar-refractivity contribution in [3.63, 3.8) is 0 Å². The number of hydrogen-bond donors (Lipinski definition) is 3. The molecule has 0 radical (unpaired) electrons. The number of carbonyl (C=O) groups is 2. The zero-order valence-electron chi connectivity index (χ0n) is 10.6. The van der Waals surface area contributed by atoms with Gasteiger partial charge in [0.1, 0.15) is 0 Å². The third-order valence-electron chi connectivity index (χ3n) is 2.14. The van der Waals surface area contributed by atoms with E-state index in [1.54, 1.807) is 12.2 Å². The molecule has 0 saturated heterocycles. The molecule has 0 heterocycles. The Morgan fingerprint density at radius 3 is 2.22 bits per heavy atom. The van der Waals surface area contributed by atoms with Crippen LogP contribution in [0.4, 0.5) is 4.79 Å². The molecule has 6 nitrogen and oxygen atoms in total. The quantitative estimate of drug-likeness (QED) is 0.555. The van der Waals surface area contributed by atoms with Gasteiger partial charge in [0, 0.05) is 19.6 Å². The normalized spacial score (nSPS) is 13.2. The smallest absolute Gasteiger partial charge is 0.318 e. The van der Waals surface area contributed by atoms with Crippen LogP contribution in [0.3, 0.4) is 0 Å². The first-order chi connectivity index (χ1) is 8.32. The van der Waals surface area contributed by atoms with Crippen molar-refractivity contribution in [1.82, 2.24) is 10.2 Å². The summed E-state index contributed by atoms with van der Waals surface area (Å²) in [6.07, 6.45) is 2.70. The van der Waals surface area contributed by atoms with Crippen LogP contribution in [0.2, 0.25) is 0 Å². The Morgan fingerprint density at radius 1 is 1.33 bits per heavy atom. The molecular formula is C12H20N2O4. The summed E-state index contributed by atoms with van der Waals surface area (Å²) in [5, 5.41) is 20.8. The number of urea groups is 1. The highest BCUT2D eigenvalue weighted by Crippen LogP contribution is 2.07. The molecule has 0 saturated carbocycles. The molecule has 0 aliphatic heterocycles. The number of aliphatic hydroxyl groups is 1. The van der Waals surface area contributed by atoms with E-state index in [-0.39, 0.29) is 6.54 Å². The first kappa shape index (κ1) is 16.2. The number of hydrogen-bond acceptors (Lipinski definition) is 3. The number of carboxylic acids is 1. The fraction of sp³-hybridized carbons (Fsp3) is 0.500. The number of rotatable bonds is 8. The van der Waals surface area contributed by atoms with Crippen LogP contribution in [-0.4, -0.2) is 52.3 Å². The minimum Gasteiger partial charge on any atom is -0.481 e. The van der Waals surface area contributed by atoms with E-state index in [4.69, 9.17) is 5.11 Å². The molecule has 18 heavy (non-hydrogen) atoms. The van der Waals surface area contributed by atoms with E-state index in [1.807, 2.05) is 0 Å². The summed E-state index contributed by atoms with van der Waals surface area (Å²) in [6.45, 7) is 8.97. The minimum absolute atomic E-state index is 0.136. The highest BCUT2D eigenvalue weighted by Gasteiger charge is 2.25. The molecule has 1 unspecified atom stereocenters. The van der Waals surface area contributed by atoms with E-state index in [1.165, 1.54) is 11.8 Å². The largest absolute Gasteiger partial charge is 0.481 e. The highest BCUT2D eigenvalue weighted by molar-refractivity contribution is 5.75. The van der Waals surface area contributed by atoms with E-state index in [2.05, 4.69) is 18.5 Å². The second-order valence-corrected chi connectivity index (χ2v) is 4.21. The maximum absolute atomic E-state index is 11.7. The number of carboxylic acid groups (broad SMARTS) is 1. The van der Waals surface area contributed by atoms with Gasteiger partial charge in [0.15, 0.2) is 0 Å². The third-order valence-corrected chi connectivity index (χ3v) is 2.14. The average Bonchev–Trinajstić information content (AvgIpc) is 2.24. The van der Waals surface area contributed by atoms with Crippen LogP contribution in [0.25, 0.3) is 0 Å². The van der Waals surface area contributed by atoms with Gasteiger partial charge in [-0.3, -0.25) is 4.79 Å². The van der Waals surface area contributed by atoms with Crippen LogP contribution < -0.4 is 5.32 Å². The molecule has 0 aromatic carbocycles. The van der Waals surface area contributed by atoms with Gasteiger partial charge >= 0.3 is 12.0 Å². The third kappa shape index (κ3) is 6.70. The predicted molar refractivity (Wildman–Crippen MR) is 68.2 cm³/mol. The van der Waals surface area contributed by atoms with E-state index >= 15 is 0 Å². The predicted octanol–water partition coefficient (Wildman–Crippen LogP) is 0.596. The van der Waals surface area contributed by atoms with Gasteiger partial charge in [-0.2, -0.15) is 0 Å². The van der Waals surface area contributed by atoms with Gasteiger partial charge in [0.2, 0.25) is 0 Å². The van der Waals surface area contributed by atoms with Crippen molar-refractivity contribution in [3.05, 3.63) is 25.3 Å². The van der Waals surface area contributed by atoms with E-state index < -0.39 is 24.0 Å². The van der Waals surface area contributed by atoms with Crippen molar-refractivity contribution in [3.8, 4) is 0 Å². The summed E-state index contributed by atoms with van der Waals surface area (Å²) >= 11 is 0. The number of amides is 2. The molecule has 0 aromatic heterocycles. The van der Waals surface area contributed by atoms with Gasteiger partial charge in [-0.25, -0.2) is 4.79 Å². The summed E-state index contributed by atoms with van der Waals surface area (Å²) < 4.78 is 0.